The number of rotatable bonds is 5. The van der Waals surface area contributed by atoms with E-state index in [1.165, 1.54) is 37.1 Å². The van der Waals surface area contributed by atoms with Gasteiger partial charge in [-0.05, 0) is 36.3 Å². The number of likely N-dealkylation sites (tertiary alicyclic amines) is 1. The predicted molar refractivity (Wildman–Crippen MR) is 120 cm³/mol. The molecule has 3 aliphatic rings. The van der Waals surface area contributed by atoms with Crippen molar-refractivity contribution >= 4 is 0 Å². The fourth-order valence-electron chi connectivity index (χ4n) is 6.69. The number of fused-ring (bicyclic) bond motifs is 1. The zero-order valence-electron chi connectivity index (χ0n) is 17.7. The minimum absolute atomic E-state index is 0.165. The minimum Gasteiger partial charge on any atom is -0.328 e. The van der Waals surface area contributed by atoms with Gasteiger partial charge in [-0.15, -0.1) is 0 Å². The van der Waals surface area contributed by atoms with Crippen LogP contribution in [0.3, 0.4) is 0 Å². The van der Waals surface area contributed by atoms with E-state index < -0.39 is 0 Å². The van der Waals surface area contributed by atoms with Gasteiger partial charge in [-0.1, -0.05) is 74.0 Å². The Morgan fingerprint density at radius 1 is 0.862 bits per heavy atom. The SMILES string of the molecule is CCCC1C(c2ccccc2)CN2CC(c3ccccc3)C12N1CCC([15NH2])CC1. The van der Waals surface area contributed by atoms with Gasteiger partial charge in [0.05, 0.1) is 5.66 Å². The zero-order valence-corrected chi connectivity index (χ0v) is 17.7. The van der Waals surface area contributed by atoms with Crippen molar-refractivity contribution in [2.75, 3.05) is 26.2 Å². The van der Waals surface area contributed by atoms with Crippen LogP contribution in [-0.4, -0.2) is 47.7 Å². The van der Waals surface area contributed by atoms with E-state index in [1.807, 2.05) is 0 Å². The summed E-state index contributed by atoms with van der Waals surface area (Å²) in [6.45, 7) is 7.03. The van der Waals surface area contributed by atoms with Crippen molar-refractivity contribution in [2.45, 2.75) is 56.1 Å². The third-order valence-electron chi connectivity index (χ3n) is 7.95. The fourth-order valence-corrected chi connectivity index (χ4v) is 6.69. The van der Waals surface area contributed by atoms with Crippen LogP contribution in [-0.2, 0) is 0 Å². The molecule has 4 atom stereocenters. The van der Waals surface area contributed by atoms with Crippen LogP contribution in [0.1, 0.15) is 55.6 Å². The Morgan fingerprint density at radius 2 is 1.48 bits per heavy atom. The molecule has 2 aromatic rings. The molecule has 0 radical (unpaired) electrons. The van der Waals surface area contributed by atoms with E-state index in [0.717, 1.165) is 25.9 Å². The summed E-state index contributed by atoms with van der Waals surface area (Å²) in [5, 5.41) is 0. The number of nitrogens with two attached hydrogens (primary N) is 1. The third kappa shape index (κ3) is 3.06. The van der Waals surface area contributed by atoms with Crippen molar-refractivity contribution in [2.24, 2.45) is 11.7 Å². The Morgan fingerprint density at radius 3 is 2.10 bits per heavy atom. The maximum atomic E-state index is 6.31. The van der Waals surface area contributed by atoms with E-state index in [-0.39, 0.29) is 5.66 Å². The van der Waals surface area contributed by atoms with Crippen LogP contribution in [0.15, 0.2) is 60.7 Å². The maximum Gasteiger partial charge on any atom is 0.0856 e. The predicted octanol–water partition coefficient (Wildman–Crippen LogP) is 4.42. The molecule has 3 heterocycles. The first-order valence-electron chi connectivity index (χ1n) is 11.6. The molecule has 3 heteroatoms. The van der Waals surface area contributed by atoms with Gasteiger partial charge in [-0.2, -0.15) is 0 Å². The summed E-state index contributed by atoms with van der Waals surface area (Å²) in [4.78, 5) is 5.68. The number of piperidine rings is 1. The molecular weight excluding hydrogens is 355 g/mol. The summed E-state index contributed by atoms with van der Waals surface area (Å²) >= 11 is 0. The second-order valence-electron chi connectivity index (χ2n) is 9.39. The first kappa shape index (κ1) is 19.3. The molecule has 0 bridgehead atoms. The van der Waals surface area contributed by atoms with Gasteiger partial charge in [-0.25, -0.2) is 0 Å². The van der Waals surface area contributed by atoms with E-state index in [4.69, 9.17) is 5.73 Å². The highest BCUT2D eigenvalue weighted by molar-refractivity contribution is 5.36. The lowest BCUT2D eigenvalue weighted by atomic mass is 9.66. The van der Waals surface area contributed by atoms with E-state index in [1.54, 1.807) is 0 Å². The zero-order chi connectivity index (χ0) is 19.8. The fraction of sp³-hybridized carbons (Fsp3) is 0.538. The first-order chi connectivity index (χ1) is 14.2. The number of nitrogens with zero attached hydrogens (tertiary/aromatic N) is 2. The van der Waals surface area contributed by atoms with Gasteiger partial charge in [0.1, 0.15) is 0 Å². The Labute approximate surface area is 175 Å². The van der Waals surface area contributed by atoms with Gasteiger partial charge in [0, 0.05) is 44.1 Å². The van der Waals surface area contributed by atoms with Crippen molar-refractivity contribution in [3.8, 4) is 0 Å². The van der Waals surface area contributed by atoms with Crippen LogP contribution in [0.25, 0.3) is 0 Å². The second-order valence-corrected chi connectivity index (χ2v) is 9.39. The van der Waals surface area contributed by atoms with Crippen molar-refractivity contribution in [3.63, 3.8) is 0 Å². The Hall–Kier alpha value is -1.68. The molecule has 0 aliphatic carbocycles. The summed E-state index contributed by atoms with van der Waals surface area (Å²) in [6.07, 6.45) is 4.80. The van der Waals surface area contributed by atoms with Gasteiger partial charge < -0.3 is 5.73 Å². The monoisotopic (exact) mass is 390 g/mol. The first-order valence-corrected chi connectivity index (χ1v) is 11.6. The van der Waals surface area contributed by atoms with E-state index in [2.05, 4.69) is 77.4 Å². The lowest BCUT2D eigenvalue weighted by Crippen LogP contribution is -2.74. The molecule has 3 fully saturated rings. The molecule has 3 aliphatic heterocycles. The molecule has 4 unspecified atom stereocenters. The Bertz CT molecular complexity index is 799. The average molecular weight is 391 g/mol. The molecule has 2 N–H and O–H groups in total. The van der Waals surface area contributed by atoms with E-state index in [9.17, 15) is 0 Å². The largest absolute Gasteiger partial charge is 0.328 e. The van der Waals surface area contributed by atoms with Gasteiger partial charge in [0.25, 0.3) is 0 Å². The summed E-state index contributed by atoms with van der Waals surface area (Å²) in [5.41, 5.74) is 9.52. The van der Waals surface area contributed by atoms with E-state index in [0.29, 0.717) is 23.8 Å². The van der Waals surface area contributed by atoms with Crippen molar-refractivity contribution in [3.05, 3.63) is 71.8 Å². The van der Waals surface area contributed by atoms with E-state index >= 15 is 0 Å². The van der Waals surface area contributed by atoms with Crippen LogP contribution >= 0.6 is 0 Å². The van der Waals surface area contributed by atoms with Crippen molar-refractivity contribution in [1.82, 2.24) is 9.80 Å². The van der Waals surface area contributed by atoms with Gasteiger partial charge >= 0.3 is 0 Å². The summed E-state index contributed by atoms with van der Waals surface area (Å²) < 4.78 is 0. The lowest BCUT2D eigenvalue weighted by Gasteiger charge is -2.64. The van der Waals surface area contributed by atoms with Crippen molar-refractivity contribution < 1.29 is 0 Å². The number of benzene rings is 2. The van der Waals surface area contributed by atoms with Crippen LogP contribution < -0.4 is 5.73 Å². The molecule has 0 saturated carbocycles. The minimum atomic E-state index is 0.165. The molecule has 0 amide bonds. The maximum absolute atomic E-state index is 6.31. The molecule has 0 aromatic heterocycles. The van der Waals surface area contributed by atoms with Crippen LogP contribution in [0, 0.1) is 5.92 Å². The molecule has 3 saturated heterocycles. The van der Waals surface area contributed by atoms with Gasteiger partial charge in [0.15, 0.2) is 0 Å². The third-order valence-corrected chi connectivity index (χ3v) is 7.95. The molecule has 154 valence electrons. The molecule has 3 nitrogen and oxygen atoms in total. The molecular formula is C26H35N3. The average Bonchev–Trinajstić information content (AvgIpc) is 2.99. The molecule has 29 heavy (non-hydrogen) atoms. The number of hydrogen-bond donors (Lipinski definition) is 1. The van der Waals surface area contributed by atoms with Crippen LogP contribution in [0.5, 0.6) is 0 Å². The summed E-state index contributed by atoms with van der Waals surface area (Å²) in [6, 6.07) is 23.0. The Kier molecular flexibility index (Phi) is 5.23. The summed E-state index contributed by atoms with van der Waals surface area (Å²) in [7, 11) is 0. The Balaban J connectivity index is 1.57. The highest BCUT2D eigenvalue weighted by Gasteiger charge is 2.66. The normalized spacial score (nSPS) is 33.4. The smallest absolute Gasteiger partial charge is 0.0856 e. The quantitative estimate of drug-likeness (QED) is 0.767. The lowest BCUT2D eigenvalue weighted by molar-refractivity contribution is -0.161. The summed E-state index contributed by atoms with van der Waals surface area (Å²) in [5.74, 6) is 1.90. The highest BCUT2D eigenvalue weighted by Crippen LogP contribution is 2.61. The van der Waals surface area contributed by atoms with Crippen LogP contribution in [0.2, 0.25) is 0 Å². The topological polar surface area (TPSA) is 32.5 Å². The van der Waals surface area contributed by atoms with Crippen molar-refractivity contribution in [1.29, 1.82) is 0 Å². The highest BCUT2D eigenvalue weighted by atomic mass is 15.5. The molecule has 2 aromatic carbocycles. The van der Waals surface area contributed by atoms with Crippen LogP contribution in [0.4, 0.5) is 0 Å². The molecule has 0 spiro atoms. The molecule has 5 rings (SSSR count). The number of hydrogen-bond acceptors (Lipinski definition) is 3. The van der Waals surface area contributed by atoms with Gasteiger partial charge in [-0.3, -0.25) is 9.80 Å². The second kappa shape index (κ2) is 7.86. The standard InChI is InChI=1S/C26H35N3/c1-2-9-24-23(20-10-5-3-6-11-20)18-29-19-25(21-12-7-4-8-13-21)26(24,29)28-16-14-22(27)15-17-28/h3-8,10-13,22-25H,2,9,14-19,27H2,1H3/i27+1. The van der Waals surface area contributed by atoms with Gasteiger partial charge in [0.2, 0.25) is 0 Å².